The molecule has 0 aliphatic carbocycles. The second kappa shape index (κ2) is 6.49. The molecule has 8 nitrogen and oxygen atoms in total. The van der Waals surface area contributed by atoms with Crippen molar-refractivity contribution in [2.45, 2.75) is 18.9 Å². The number of rotatable bonds is 6. The lowest BCUT2D eigenvalue weighted by Gasteiger charge is -2.18. The number of nitrogens with one attached hydrogen (secondary N) is 3. The highest BCUT2D eigenvalue weighted by Crippen LogP contribution is 2.15. The average molecular weight is 313 g/mol. The van der Waals surface area contributed by atoms with E-state index in [-0.39, 0.29) is 18.7 Å². The SMILES string of the molecule is O=C1CC(C(=O)C(Cc2cnc[nH]2)NC(=O)CCl)C(=O)N1. The van der Waals surface area contributed by atoms with Gasteiger partial charge in [0.15, 0.2) is 5.78 Å². The molecule has 3 amide bonds. The van der Waals surface area contributed by atoms with Crippen molar-refractivity contribution < 1.29 is 19.2 Å². The van der Waals surface area contributed by atoms with Gasteiger partial charge in [0.2, 0.25) is 17.7 Å². The number of alkyl halides is 1. The number of hydrogen-bond acceptors (Lipinski definition) is 5. The molecule has 21 heavy (non-hydrogen) atoms. The number of carbonyl (C=O) groups is 4. The molecule has 0 bridgehead atoms. The fraction of sp³-hybridized carbons (Fsp3) is 0.417. The highest BCUT2D eigenvalue weighted by molar-refractivity contribution is 6.27. The summed E-state index contributed by atoms with van der Waals surface area (Å²) in [7, 11) is 0. The fourth-order valence-corrected chi connectivity index (χ4v) is 2.18. The minimum absolute atomic E-state index is 0.138. The predicted molar refractivity (Wildman–Crippen MR) is 71.2 cm³/mol. The third-order valence-corrected chi connectivity index (χ3v) is 3.33. The third kappa shape index (κ3) is 3.66. The number of aromatic amines is 1. The predicted octanol–water partition coefficient (Wildman–Crippen LogP) is -1.09. The van der Waals surface area contributed by atoms with Crippen LogP contribution in [-0.2, 0) is 25.6 Å². The lowest BCUT2D eigenvalue weighted by molar-refractivity contribution is -0.135. The Morgan fingerprint density at radius 2 is 2.24 bits per heavy atom. The van der Waals surface area contributed by atoms with Gasteiger partial charge >= 0.3 is 0 Å². The van der Waals surface area contributed by atoms with Crippen LogP contribution in [0.5, 0.6) is 0 Å². The van der Waals surface area contributed by atoms with Gasteiger partial charge in [-0.1, -0.05) is 0 Å². The molecule has 112 valence electrons. The lowest BCUT2D eigenvalue weighted by atomic mass is 9.93. The van der Waals surface area contributed by atoms with Crippen LogP contribution in [0.4, 0.5) is 0 Å². The Morgan fingerprint density at radius 3 is 2.76 bits per heavy atom. The summed E-state index contributed by atoms with van der Waals surface area (Å²) in [5.74, 6) is -3.57. The number of ketones is 1. The Labute approximate surface area is 124 Å². The standard InChI is InChI=1S/C12H13ClN4O4/c13-3-10(19)16-8(1-6-4-14-5-15-6)11(20)7-2-9(18)17-12(7)21/h4-5,7-8H,1-3H2,(H,14,15)(H,16,19)(H,17,18,21). The Bertz CT molecular complexity index is 572. The van der Waals surface area contributed by atoms with Crippen LogP contribution in [0.2, 0.25) is 0 Å². The van der Waals surface area contributed by atoms with E-state index in [9.17, 15) is 19.2 Å². The molecule has 2 unspecified atom stereocenters. The lowest BCUT2D eigenvalue weighted by Crippen LogP contribution is -2.47. The average Bonchev–Trinajstić information content (AvgIpc) is 3.06. The van der Waals surface area contributed by atoms with Gasteiger partial charge in [-0.15, -0.1) is 11.6 Å². The monoisotopic (exact) mass is 312 g/mol. The highest BCUT2D eigenvalue weighted by atomic mass is 35.5. The summed E-state index contributed by atoms with van der Waals surface area (Å²) in [5.41, 5.74) is 0.618. The molecule has 2 rings (SSSR count). The molecule has 1 saturated heterocycles. The van der Waals surface area contributed by atoms with E-state index >= 15 is 0 Å². The number of hydrogen-bond donors (Lipinski definition) is 3. The molecule has 1 aromatic rings. The van der Waals surface area contributed by atoms with Crippen LogP contribution in [0.1, 0.15) is 12.1 Å². The van der Waals surface area contributed by atoms with Crippen molar-refractivity contribution in [1.82, 2.24) is 20.6 Å². The number of H-pyrrole nitrogens is 1. The van der Waals surface area contributed by atoms with Gasteiger partial charge in [-0.05, 0) is 0 Å². The van der Waals surface area contributed by atoms with Crippen LogP contribution in [0.15, 0.2) is 12.5 Å². The van der Waals surface area contributed by atoms with Gasteiger partial charge in [0.1, 0.15) is 11.8 Å². The summed E-state index contributed by atoms with van der Waals surface area (Å²) >= 11 is 5.42. The number of amides is 3. The molecule has 0 saturated carbocycles. The molecule has 0 spiro atoms. The first-order chi connectivity index (χ1) is 10.0. The van der Waals surface area contributed by atoms with Crippen LogP contribution in [0.25, 0.3) is 0 Å². The molecule has 1 aliphatic heterocycles. The van der Waals surface area contributed by atoms with Gasteiger partial charge in [0, 0.05) is 24.7 Å². The zero-order valence-corrected chi connectivity index (χ0v) is 11.6. The van der Waals surface area contributed by atoms with E-state index < -0.39 is 35.5 Å². The van der Waals surface area contributed by atoms with Crippen LogP contribution in [0, 0.1) is 5.92 Å². The number of aromatic nitrogens is 2. The minimum Gasteiger partial charge on any atom is -0.348 e. The zero-order chi connectivity index (χ0) is 15.4. The van der Waals surface area contributed by atoms with Gasteiger partial charge in [-0.2, -0.15) is 0 Å². The molecule has 3 N–H and O–H groups in total. The maximum absolute atomic E-state index is 12.4. The van der Waals surface area contributed by atoms with Crippen LogP contribution in [-0.4, -0.2) is 45.4 Å². The fourth-order valence-electron chi connectivity index (χ4n) is 2.10. The van der Waals surface area contributed by atoms with E-state index in [1.54, 1.807) is 0 Å². The summed E-state index contributed by atoms with van der Waals surface area (Å²) in [6.07, 6.45) is 2.88. The molecule has 2 heterocycles. The van der Waals surface area contributed by atoms with Crippen molar-refractivity contribution in [3.05, 3.63) is 18.2 Å². The van der Waals surface area contributed by atoms with Crippen molar-refractivity contribution in [2.75, 3.05) is 5.88 Å². The zero-order valence-electron chi connectivity index (χ0n) is 10.9. The molecule has 1 aromatic heterocycles. The van der Waals surface area contributed by atoms with E-state index in [4.69, 9.17) is 11.6 Å². The Morgan fingerprint density at radius 1 is 1.48 bits per heavy atom. The van der Waals surface area contributed by atoms with E-state index in [1.807, 2.05) is 0 Å². The topological polar surface area (TPSA) is 121 Å². The second-order valence-corrected chi connectivity index (χ2v) is 4.87. The summed E-state index contributed by atoms with van der Waals surface area (Å²) in [4.78, 5) is 53.2. The Hall–Kier alpha value is -2.22. The quantitative estimate of drug-likeness (QED) is 0.350. The van der Waals surface area contributed by atoms with Crippen molar-refractivity contribution in [1.29, 1.82) is 0 Å². The third-order valence-electron chi connectivity index (χ3n) is 3.09. The molecule has 1 fully saturated rings. The number of imidazole rings is 1. The van der Waals surface area contributed by atoms with Gasteiger partial charge < -0.3 is 10.3 Å². The Balaban J connectivity index is 2.13. The number of nitrogens with zero attached hydrogens (tertiary/aromatic N) is 1. The van der Waals surface area contributed by atoms with Crippen molar-refractivity contribution >= 4 is 35.1 Å². The first-order valence-electron chi connectivity index (χ1n) is 6.21. The first kappa shape index (κ1) is 15.2. The molecule has 9 heteroatoms. The highest BCUT2D eigenvalue weighted by Gasteiger charge is 2.39. The van der Waals surface area contributed by atoms with Gasteiger partial charge in [-0.3, -0.25) is 24.5 Å². The van der Waals surface area contributed by atoms with E-state index in [0.29, 0.717) is 5.69 Å². The first-order valence-corrected chi connectivity index (χ1v) is 6.74. The smallest absolute Gasteiger partial charge is 0.237 e. The number of halogens is 1. The van der Waals surface area contributed by atoms with Gasteiger partial charge in [0.25, 0.3) is 0 Å². The number of imide groups is 1. The Kier molecular flexibility index (Phi) is 4.69. The minimum atomic E-state index is -1.08. The molecule has 1 aliphatic rings. The summed E-state index contributed by atoms with van der Waals surface area (Å²) in [6, 6.07) is -0.946. The van der Waals surface area contributed by atoms with Gasteiger partial charge in [0.05, 0.1) is 12.4 Å². The van der Waals surface area contributed by atoms with Crippen molar-refractivity contribution in [3.63, 3.8) is 0 Å². The molecule has 0 aromatic carbocycles. The number of carbonyl (C=O) groups excluding carboxylic acids is 4. The van der Waals surface area contributed by atoms with Gasteiger partial charge in [-0.25, -0.2) is 4.98 Å². The van der Waals surface area contributed by atoms with Crippen LogP contribution in [0.3, 0.4) is 0 Å². The summed E-state index contributed by atoms with van der Waals surface area (Å²) in [5, 5.41) is 4.53. The van der Waals surface area contributed by atoms with E-state index in [0.717, 1.165) is 0 Å². The normalized spacial score (nSPS) is 19.2. The van der Waals surface area contributed by atoms with Crippen molar-refractivity contribution in [2.24, 2.45) is 5.92 Å². The maximum atomic E-state index is 12.4. The maximum Gasteiger partial charge on any atom is 0.237 e. The van der Waals surface area contributed by atoms with Crippen LogP contribution < -0.4 is 10.6 Å². The summed E-state index contributed by atoms with van der Waals surface area (Å²) in [6.45, 7) is 0. The molecule has 2 atom stereocenters. The summed E-state index contributed by atoms with van der Waals surface area (Å²) < 4.78 is 0. The molecule has 0 radical (unpaired) electrons. The van der Waals surface area contributed by atoms with E-state index in [2.05, 4.69) is 20.6 Å². The molecular weight excluding hydrogens is 300 g/mol. The van der Waals surface area contributed by atoms with E-state index in [1.165, 1.54) is 12.5 Å². The number of Topliss-reactive ketones (excluding diaryl/α,β-unsaturated/α-hetero) is 1. The van der Waals surface area contributed by atoms with Crippen LogP contribution >= 0.6 is 11.6 Å². The second-order valence-electron chi connectivity index (χ2n) is 4.61. The van der Waals surface area contributed by atoms with Crippen molar-refractivity contribution in [3.8, 4) is 0 Å². The molecular formula is C12H13ClN4O4. The largest absolute Gasteiger partial charge is 0.348 e.